The van der Waals surface area contributed by atoms with Gasteiger partial charge in [0.25, 0.3) is 0 Å². The van der Waals surface area contributed by atoms with Crippen molar-refractivity contribution in [3.63, 3.8) is 0 Å². The lowest BCUT2D eigenvalue weighted by Crippen LogP contribution is -2.16. The Morgan fingerprint density at radius 1 is 0.931 bits per heavy atom. The normalized spacial score (nSPS) is 12.1. The molecule has 1 amide bonds. The maximum absolute atomic E-state index is 11.3. The summed E-state index contributed by atoms with van der Waals surface area (Å²) >= 11 is 0. The summed E-state index contributed by atoms with van der Waals surface area (Å²) in [6.45, 7) is 15.5. The zero-order valence-corrected chi connectivity index (χ0v) is 19.2. The molecule has 0 saturated heterocycles. The second-order valence-corrected chi connectivity index (χ2v) is 10.0. The molecule has 0 atom stereocenters. The second-order valence-electron chi connectivity index (χ2n) is 10.0. The van der Waals surface area contributed by atoms with E-state index in [4.69, 9.17) is 10.5 Å². The zero-order valence-electron chi connectivity index (χ0n) is 19.2. The van der Waals surface area contributed by atoms with Crippen molar-refractivity contribution in [2.75, 3.05) is 0 Å². The Bertz CT molecular complexity index is 822. The van der Waals surface area contributed by atoms with Crippen LogP contribution in [0.1, 0.15) is 83.6 Å². The summed E-state index contributed by atoms with van der Waals surface area (Å²) < 4.78 is 6.42. The quantitative estimate of drug-likeness (QED) is 0.586. The van der Waals surface area contributed by atoms with Crippen molar-refractivity contribution in [3.8, 4) is 11.5 Å². The third-order valence-corrected chi connectivity index (χ3v) is 5.17. The molecular weight excluding hydrogens is 358 g/mol. The fourth-order valence-corrected chi connectivity index (χ4v) is 3.26. The highest BCUT2D eigenvalue weighted by atomic mass is 16.5. The number of aryl methyl sites for hydroxylation is 1. The lowest BCUT2D eigenvalue weighted by molar-refractivity contribution is -0.117. The number of primary amides is 1. The molecule has 0 spiro atoms. The maximum atomic E-state index is 11.3. The number of benzene rings is 2. The highest BCUT2D eigenvalue weighted by Gasteiger charge is 2.21. The molecule has 0 aliphatic heterocycles. The molecule has 0 saturated carbocycles. The monoisotopic (exact) mass is 395 g/mol. The van der Waals surface area contributed by atoms with E-state index in [1.807, 2.05) is 12.1 Å². The first-order valence-corrected chi connectivity index (χ1v) is 10.6. The second kappa shape index (κ2) is 9.02. The van der Waals surface area contributed by atoms with Crippen molar-refractivity contribution in [2.24, 2.45) is 5.73 Å². The van der Waals surface area contributed by atoms with Crippen LogP contribution in [0.25, 0.3) is 0 Å². The Morgan fingerprint density at radius 3 is 2.00 bits per heavy atom. The molecule has 0 heterocycles. The van der Waals surface area contributed by atoms with Crippen molar-refractivity contribution >= 4 is 5.91 Å². The molecule has 0 fully saturated rings. The van der Waals surface area contributed by atoms with Gasteiger partial charge < -0.3 is 10.5 Å². The molecule has 2 rings (SSSR count). The molecule has 0 bridgehead atoms. The van der Waals surface area contributed by atoms with Gasteiger partial charge in [-0.25, -0.2) is 0 Å². The number of amides is 1. The van der Waals surface area contributed by atoms with Crippen molar-refractivity contribution < 1.29 is 9.53 Å². The number of unbranched alkanes of at least 4 members (excludes halogenated alkanes) is 1. The SMILES string of the molecule is CCCCc1cc(CC(N)=O)ccc1Oc1cc(C(C)(C)C)cc(C(C)(C)C)c1. The van der Waals surface area contributed by atoms with Gasteiger partial charge in [-0.1, -0.05) is 73.1 Å². The van der Waals surface area contributed by atoms with Crippen molar-refractivity contribution in [1.29, 1.82) is 0 Å². The molecular formula is C26H37NO2. The molecule has 3 nitrogen and oxygen atoms in total. The number of rotatable bonds is 7. The van der Waals surface area contributed by atoms with E-state index in [1.165, 1.54) is 11.1 Å². The van der Waals surface area contributed by atoms with E-state index in [9.17, 15) is 4.79 Å². The van der Waals surface area contributed by atoms with Crippen LogP contribution < -0.4 is 10.5 Å². The van der Waals surface area contributed by atoms with Gasteiger partial charge in [-0.3, -0.25) is 4.79 Å². The van der Waals surface area contributed by atoms with E-state index in [2.05, 4.69) is 72.7 Å². The summed E-state index contributed by atoms with van der Waals surface area (Å²) in [5, 5.41) is 0. The largest absolute Gasteiger partial charge is 0.457 e. The molecule has 0 unspecified atom stereocenters. The van der Waals surface area contributed by atoms with Gasteiger partial charge in [-0.2, -0.15) is 0 Å². The summed E-state index contributed by atoms with van der Waals surface area (Å²) in [6.07, 6.45) is 3.36. The molecule has 0 aliphatic carbocycles. The molecule has 0 aliphatic rings. The first-order valence-electron chi connectivity index (χ1n) is 10.6. The minimum Gasteiger partial charge on any atom is -0.457 e. The van der Waals surface area contributed by atoms with Gasteiger partial charge in [0.15, 0.2) is 0 Å². The van der Waals surface area contributed by atoms with Crippen LogP contribution in [0.4, 0.5) is 0 Å². The minimum absolute atomic E-state index is 0.0375. The van der Waals surface area contributed by atoms with Gasteiger partial charge in [0.2, 0.25) is 5.91 Å². The number of carbonyl (C=O) groups is 1. The van der Waals surface area contributed by atoms with Gasteiger partial charge >= 0.3 is 0 Å². The summed E-state index contributed by atoms with van der Waals surface area (Å²) in [6, 6.07) is 12.6. The van der Waals surface area contributed by atoms with Crippen LogP contribution in [0.3, 0.4) is 0 Å². The number of nitrogens with two attached hydrogens (primary N) is 1. The first kappa shape index (κ1) is 23.0. The first-order chi connectivity index (χ1) is 13.4. The van der Waals surface area contributed by atoms with Crippen LogP contribution in [-0.2, 0) is 28.5 Å². The standard InChI is InChI=1S/C26H37NO2/c1-8-9-10-19-13-18(14-24(27)28)11-12-23(19)29-22-16-20(25(2,3)4)15-21(17-22)26(5,6)7/h11-13,15-17H,8-10,14H2,1-7H3,(H2,27,28). The smallest absolute Gasteiger partial charge is 0.221 e. The van der Waals surface area contributed by atoms with Gasteiger partial charge in [0.05, 0.1) is 6.42 Å². The van der Waals surface area contributed by atoms with Crippen LogP contribution >= 0.6 is 0 Å². The molecule has 158 valence electrons. The lowest BCUT2D eigenvalue weighted by Gasteiger charge is -2.26. The van der Waals surface area contributed by atoms with E-state index < -0.39 is 0 Å². The van der Waals surface area contributed by atoms with Crippen LogP contribution in [0.15, 0.2) is 36.4 Å². The number of hydrogen-bond acceptors (Lipinski definition) is 2. The Hall–Kier alpha value is -2.29. The van der Waals surface area contributed by atoms with Gasteiger partial charge in [0, 0.05) is 0 Å². The molecule has 0 radical (unpaired) electrons. The highest BCUT2D eigenvalue weighted by molar-refractivity contribution is 5.76. The fraction of sp³-hybridized carbons (Fsp3) is 0.500. The average molecular weight is 396 g/mol. The van der Waals surface area contributed by atoms with E-state index in [0.717, 1.165) is 41.9 Å². The summed E-state index contributed by atoms with van der Waals surface area (Å²) in [5.41, 5.74) is 10.1. The van der Waals surface area contributed by atoms with Crippen molar-refractivity contribution in [1.82, 2.24) is 0 Å². The summed E-state index contributed by atoms with van der Waals surface area (Å²) in [5.74, 6) is 1.41. The number of ether oxygens (including phenoxy) is 1. The zero-order chi connectivity index (χ0) is 21.8. The Morgan fingerprint density at radius 2 is 1.52 bits per heavy atom. The molecule has 2 aromatic carbocycles. The minimum atomic E-state index is -0.312. The lowest BCUT2D eigenvalue weighted by atomic mass is 9.80. The molecule has 0 aromatic heterocycles. The molecule has 29 heavy (non-hydrogen) atoms. The summed E-state index contributed by atoms with van der Waals surface area (Å²) in [7, 11) is 0. The molecule has 2 aromatic rings. The third kappa shape index (κ3) is 6.62. The Balaban J connectivity index is 2.47. The number of hydrogen-bond donors (Lipinski definition) is 1. The van der Waals surface area contributed by atoms with Crippen molar-refractivity contribution in [3.05, 3.63) is 58.7 Å². The Kier molecular flexibility index (Phi) is 7.15. The van der Waals surface area contributed by atoms with Gasteiger partial charge in [-0.15, -0.1) is 0 Å². The van der Waals surface area contributed by atoms with Crippen LogP contribution in [0, 0.1) is 0 Å². The average Bonchev–Trinajstić information content (AvgIpc) is 2.59. The van der Waals surface area contributed by atoms with Gasteiger partial charge in [0.1, 0.15) is 11.5 Å². The molecule has 3 heteroatoms. The predicted molar refractivity (Wildman–Crippen MR) is 122 cm³/mol. The van der Waals surface area contributed by atoms with Crippen LogP contribution in [0.2, 0.25) is 0 Å². The fourth-order valence-electron chi connectivity index (χ4n) is 3.26. The summed E-state index contributed by atoms with van der Waals surface area (Å²) in [4.78, 5) is 11.3. The van der Waals surface area contributed by atoms with Crippen LogP contribution in [0.5, 0.6) is 11.5 Å². The van der Waals surface area contributed by atoms with E-state index in [0.29, 0.717) is 0 Å². The predicted octanol–water partition coefficient (Wildman–Crippen LogP) is 6.44. The van der Waals surface area contributed by atoms with E-state index in [-0.39, 0.29) is 23.2 Å². The van der Waals surface area contributed by atoms with E-state index >= 15 is 0 Å². The van der Waals surface area contributed by atoms with Crippen molar-refractivity contribution in [2.45, 2.75) is 85.0 Å². The van der Waals surface area contributed by atoms with E-state index in [1.54, 1.807) is 0 Å². The van der Waals surface area contributed by atoms with Gasteiger partial charge in [-0.05, 0) is 64.1 Å². The number of carbonyl (C=O) groups excluding carboxylic acids is 1. The maximum Gasteiger partial charge on any atom is 0.221 e. The Labute approximate surface area is 176 Å². The topological polar surface area (TPSA) is 52.3 Å². The van der Waals surface area contributed by atoms with Crippen LogP contribution in [-0.4, -0.2) is 5.91 Å². The molecule has 2 N–H and O–H groups in total. The highest BCUT2D eigenvalue weighted by Crippen LogP contribution is 2.36. The third-order valence-electron chi connectivity index (χ3n) is 5.17.